The lowest BCUT2D eigenvalue weighted by molar-refractivity contribution is -0.113. The SMILES string of the molecule is CCC/C=C/C(N)=O.CCCC. The molecule has 2 heteroatoms. The smallest absolute Gasteiger partial charge is 0.241 e. The third-order valence-corrected chi connectivity index (χ3v) is 1.24. The van der Waals surface area contributed by atoms with Gasteiger partial charge in [0.2, 0.25) is 5.91 Å². The topological polar surface area (TPSA) is 43.1 Å². The van der Waals surface area contributed by atoms with Gasteiger partial charge in [0.1, 0.15) is 0 Å². The highest BCUT2D eigenvalue weighted by molar-refractivity contribution is 5.85. The number of carbonyl (C=O) groups is 1. The molecule has 0 saturated heterocycles. The molecule has 0 aromatic carbocycles. The Morgan fingerprint density at radius 3 is 1.92 bits per heavy atom. The van der Waals surface area contributed by atoms with E-state index in [0.717, 1.165) is 12.8 Å². The van der Waals surface area contributed by atoms with E-state index in [4.69, 9.17) is 5.73 Å². The van der Waals surface area contributed by atoms with E-state index < -0.39 is 0 Å². The minimum absolute atomic E-state index is 0.363. The molecule has 0 aliphatic carbocycles. The molecule has 12 heavy (non-hydrogen) atoms. The molecule has 0 aliphatic rings. The van der Waals surface area contributed by atoms with E-state index in [9.17, 15) is 4.79 Å². The van der Waals surface area contributed by atoms with Crippen LogP contribution in [0.25, 0.3) is 0 Å². The number of allylic oxidation sites excluding steroid dienone is 1. The van der Waals surface area contributed by atoms with Crippen LogP contribution in [0.1, 0.15) is 46.5 Å². The summed E-state index contributed by atoms with van der Waals surface area (Å²) in [5.74, 6) is -0.363. The molecule has 0 rings (SSSR count). The summed E-state index contributed by atoms with van der Waals surface area (Å²) in [4.78, 5) is 10.0. The maximum absolute atomic E-state index is 10.0. The van der Waals surface area contributed by atoms with Crippen LogP contribution in [0.5, 0.6) is 0 Å². The van der Waals surface area contributed by atoms with Crippen molar-refractivity contribution in [3.63, 3.8) is 0 Å². The van der Waals surface area contributed by atoms with Crippen molar-refractivity contribution >= 4 is 5.91 Å². The molecule has 0 heterocycles. The standard InChI is InChI=1S/C6H11NO.C4H10/c1-2-3-4-5-6(7)8;1-3-4-2/h4-5H,2-3H2,1H3,(H2,7,8);3-4H2,1-2H3/b5-4+;. The minimum atomic E-state index is -0.363. The molecule has 0 bridgehead atoms. The predicted octanol–water partition coefficient (Wildman–Crippen LogP) is 2.63. The van der Waals surface area contributed by atoms with Crippen molar-refractivity contribution in [1.82, 2.24) is 0 Å². The van der Waals surface area contributed by atoms with Crippen LogP contribution in [0, 0.1) is 0 Å². The molecule has 0 saturated carbocycles. The van der Waals surface area contributed by atoms with Gasteiger partial charge in [-0.15, -0.1) is 0 Å². The van der Waals surface area contributed by atoms with Crippen LogP contribution in [-0.4, -0.2) is 5.91 Å². The van der Waals surface area contributed by atoms with Gasteiger partial charge >= 0.3 is 0 Å². The minimum Gasteiger partial charge on any atom is -0.366 e. The molecule has 2 N–H and O–H groups in total. The van der Waals surface area contributed by atoms with Crippen molar-refractivity contribution < 1.29 is 4.79 Å². The molecule has 0 atom stereocenters. The van der Waals surface area contributed by atoms with Crippen molar-refractivity contribution in [2.75, 3.05) is 0 Å². The van der Waals surface area contributed by atoms with E-state index in [1.165, 1.54) is 18.9 Å². The second kappa shape index (κ2) is 12.8. The Balaban J connectivity index is 0. The summed E-state index contributed by atoms with van der Waals surface area (Å²) < 4.78 is 0. The number of nitrogens with two attached hydrogens (primary N) is 1. The lowest BCUT2D eigenvalue weighted by atomic mass is 10.3. The van der Waals surface area contributed by atoms with Crippen molar-refractivity contribution in [3.05, 3.63) is 12.2 Å². The third kappa shape index (κ3) is 22.9. The third-order valence-electron chi connectivity index (χ3n) is 1.24. The average molecular weight is 171 g/mol. The number of primary amides is 1. The molecule has 1 amide bonds. The fraction of sp³-hybridized carbons (Fsp3) is 0.700. The van der Waals surface area contributed by atoms with Crippen molar-refractivity contribution in [3.8, 4) is 0 Å². The Morgan fingerprint density at radius 2 is 1.67 bits per heavy atom. The first-order valence-corrected chi connectivity index (χ1v) is 4.64. The fourth-order valence-electron chi connectivity index (χ4n) is 0.366. The van der Waals surface area contributed by atoms with Crippen LogP contribution < -0.4 is 5.73 Å². The number of rotatable bonds is 4. The van der Waals surface area contributed by atoms with Gasteiger partial charge in [-0.2, -0.15) is 0 Å². The summed E-state index contributed by atoms with van der Waals surface area (Å²) in [5, 5.41) is 0. The maximum Gasteiger partial charge on any atom is 0.241 e. The zero-order valence-corrected chi connectivity index (χ0v) is 8.47. The van der Waals surface area contributed by atoms with Gasteiger partial charge in [0.25, 0.3) is 0 Å². The number of hydrogen-bond donors (Lipinski definition) is 1. The second-order valence-electron chi connectivity index (χ2n) is 2.59. The zero-order chi connectivity index (χ0) is 9.82. The predicted molar refractivity (Wildman–Crippen MR) is 53.8 cm³/mol. The fourth-order valence-corrected chi connectivity index (χ4v) is 0.366. The number of unbranched alkanes of at least 4 members (excludes halogenated alkanes) is 2. The van der Waals surface area contributed by atoms with Crippen LogP contribution >= 0.6 is 0 Å². The lowest BCUT2D eigenvalue weighted by Gasteiger charge is -1.80. The van der Waals surface area contributed by atoms with E-state index in [2.05, 4.69) is 13.8 Å². The number of carbonyl (C=O) groups excluding carboxylic acids is 1. The zero-order valence-electron chi connectivity index (χ0n) is 8.47. The number of hydrogen-bond acceptors (Lipinski definition) is 1. The monoisotopic (exact) mass is 171 g/mol. The van der Waals surface area contributed by atoms with Crippen LogP contribution in [0.4, 0.5) is 0 Å². The van der Waals surface area contributed by atoms with E-state index in [1.54, 1.807) is 6.08 Å². The Labute approximate surface area is 75.8 Å². The van der Waals surface area contributed by atoms with E-state index >= 15 is 0 Å². The lowest BCUT2D eigenvalue weighted by Crippen LogP contribution is -2.05. The molecule has 0 aliphatic heterocycles. The van der Waals surface area contributed by atoms with Crippen molar-refractivity contribution in [2.45, 2.75) is 46.5 Å². The number of amides is 1. The normalized spacial score (nSPS) is 9.25. The van der Waals surface area contributed by atoms with Crippen molar-refractivity contribution in [1.29, 1.82) is 0 Å². The largest absolute Gasteiger partial charge is 0.366 e. The molecule has 72 valence electrons. The Kier molecular flexibility index (Phi) is 14.8. The highest BCUT2D eigenvalue weighted by Gasteiger charge is 1.78. The molecule has 0 fully saturated rings. The van der Waals surface area contributed by atoms with Crippen LogP contribution in [-0.2, 0) is 4.79 Å². The van der Waals surface area contributed by atoms with Gasteiger partial charge in [-0.05, 0) is 12.5 Å². The highest BCUT2D eigenvalue weighted by atomic mass is 16.1. The average Bonchev–Trinajstić information content (AvgIpc) is 2.05. The van der Waals surface area contributed by atoms with Crippen molar-refractivity contribution in [2.24, 2.45) is 5.73 Å². The summed E-state index contributed by atoms with van der Waals surface area (Å²) in [5.41, 5.74) is 4.81. The summed E-state index contributed by atoms with van der Waals surface area (Å²) in [6.45, 7) is 6.41. The van der Waals surface area contributed by atoms with Gasteiger partial charge in [0.15, 0.2) is 0 Å². The van der Waals surface area contributed by atoms with Gasteiger partial charge < -0.3 is 5.73 Å². The molecule has 0 spiro atoms. The summed E-state index contributed by atoms with van der Waals surface area (Å²) >= 11 is 0. The first-order chi connectivity index (χ1) is 5.68. The Bertz CT molecular complexity index is 117. The first-order valence-electron chi connectivity index (χ1n) is 4.64. The molecule has 0 aromatic rings. The highest BCUT2D eigenvalue weighted by Crippen LogP contribution is 1.86. The maximum atomic E-state index is 10.0. The van der Waals surface area contributed by atoms with Gasteiger partial charge in [0, 0.05) is 0 Å². The molecule has 0 radical (unpaired) electrons. The van der Waals surface area contributed by atoms with Crippen LogP contribution in [0.15, 0.2) is 12.2 Å². The van der Waals surface area contributed by atoms with E-state index in [-0.39, 0.29) is 5.91 Å². The van der Waals surface area contributed by atoms with Gasteiger partial charge in [-0.25, -0.2) is 0 Å². The summed E-state index contributed by atoms with van der Waals surface area (Å²) in [7, 11) is 0. The first kappa shape index (κ1) is 13.8. The van der Waals surface area contributed by atoms with Crippen LogP contribution in [0.2, 0.25) is 0 Å². The molecular weight excluding hydrogens is 150 g/mol. The summed E-state index contributed by atoms with van der Waals surface area (Å²) in [6, 6.07) is 0. The quantitative estimate of drug-likeness (QED) is 0.649. The van der Waals surface area contributed by atoms with Gasteiger partial charge in [-0.3, -0.25) is 4.79 Å². The Morgan fingerprint density at radius 1 is 1.17 bits per heavy atom. The second-order valence-corrected chi connectivity index (χ2v) is 2.59. The molecule has 0 aromatic heterocycles. The molecule has 2 nitrogen and oxygen atoms in total. The summed E-state index contributed by atoms with van der Waals surface area (Å²) in [6.07, 6.45) is 7.80. The Hall–Kier alpha value is -0.790. The molecule has 0 unspecified atom stereocenters. The van der Waals surface area contributed by atoms with E-state index in [0.29, 0.717) is 0 Å². The van der Waals surface area contributed by atoms with Crippen LogP contribution in [0.3, 0.4) is 0 Å². The van der Waals surface area contributed by atoms with Gasteiger partial charge in [0.05, 0.1) is 0 Å². The molecular formula is C10H21NO. The van der Waals surface area contributed by atoms with Gasteiger partial charge in [-0.1, -0.05) is 46.1 Å². The van der Waals surface area contributed by atoms with E-state index in [1.807, 2.05) is 6.92 Å².